The summed E-state index contributed by atoms with van der Waals surface area (Å²) < 4.78 is 1.93. The van der Waals surface area contributed by atoms with Crippen molar-refractivity contribution in [2.75, 3.05) is 26.7 Å². The van der Waals surface area contributed by atoms with Crippen LogP contribution in [-0.2, 0) is 13.6 Å². The average Bonchev–Trinajstić information content (AvgIpc) is 3.29. The zero-order valence-corrected chi connectivity index (χ0v) is 17.0. The highest BCUT2D eigenvalue weighted by molar-refractivity contribution is 5.79. The molecule has 1 atom stereocenters. The van der Waals surface area contributed by atoms with Gasteiger partial charge in [0.15, 0.2) is 5.96 Å². The summed E-state index contributed by atoms with van der Waals surface area (Å²) in [5.74, 6) is 0.831. The molecule has 146 valence electrons. The summed E-state index contributed by atoms with van der Waals surface area (Å²) in [6.45, 7) is 8.06. The third-order valence-corrected chi connectivity index (χ3v) is 5.54. The molecule has 3 rings (SSSR count). The van der Waals surface area contributed by atoms with Gasteiger partial charge in [-0.3, -0.25) is 14.6 Å². The van der Waals surface area contributed by atoms with Crippen molar-refractivity contribution in [3.8, 4) is 0 Å². The fraction of sp³-hybridized carbons (Fsp3) is 0.524. The van der Waals surface area contributed by atoms with Crippen LogP contribution in [0.1, 0.15) is 41.4 Å². The van der Waals surface area contributed by atoms with E-state index in [1.807, 2.05) is 18.8 Å². The van der Waals surface area contributed by atoms with E-state index >= 15 is 0 Å². The minimum atomic E-state index is 0.370. The highest BCUT2D eigenvalue weighted by atomic mass is 15.3. The highest BCUT2D eigenvalue weighted by Crippen LogP contribution is 2.24. The van der Waals surface area contributed by atoms with Crippen molar-refractivity contribution < 1.29 is 0 Å². The first-order chi connectivity index (χ1) is 13.1. The molecule has 1 saturated heterocycles. The second-order valence-electron chi connectivity index (χ2n) is 7.25. The van der Waals surface area contributed by atoms with E-state index < -0.39 is 0 Å². The van der Waals surface area contributed by atoms with Gasteiger partial charge in [0.25, 0.3) is 0 Å². The largest absolute Gasteiger partial charge is 0.354 e. The summed E-state index contributed by atoms with van der Waals surface area (Å²) in [5.41, 5.74) is 4.85. The van der Waals surface area contributed by atoms with Crippen LogP contribution in [0.5, 0.6) is 0 Å². The van der Waals surface area contributed by atoms with Crippen molar-refractivity contribution in [2.45, 2.75) is 39.3 Å². The topological polar surface area (TPSA) is 57.5 Å². The Hall–Kier alpha value is -2.34. The van der Waals surface area contributed by atoms with E-state index in [1.165, 1.54) is 42.8 Å². The zero-order valence-electron chi connectivity index (χ0n) is 17.0. The fourth-order valence-corrected chi connectivity index (χ4v) is 3.85. The number of aryl methyl sites for hydroxylation is 2. The molecule has 0 amide bonds. The third-order valence-electron chi connectivity index (χ3n) is 5.54. The monoisotopic (exact) mass is 368 g/mol. The maximum atomic E-state index is 4.49. The molecule has 2 aromatic rings. The van der Waals surface area contributed by atoms with Crippen LogP contribution in [0.3, 0.4) is 0 Å². The first-order valence-electron chi connectivity index (χ1n) is 9.82. The van der Waals surface area contributed by atoms with Crippen molar-refractivity contribution in [3.05, 3.63) is 52.8 Å². The van der Waals surface area contributed by atoms with Crippen molar-refractivity contribution in [1.29, 1.82) is 0 Å². The van der Waals surface area contributed by atoms with Gasteiger partial charge in [-0.1, -0.05) is 30.3 Å². The Balaban J connectivity index is 1.62. The van der Waals surface area contributed by atoms with E-state index in [9.17, 15) is 0 Å². The molecule has 1 fully saturated rings. The molecular formula is C21H32N6. The van der Waals surface area contributed by atoms with Crippen LogP contribution in [0, 0.1) is 13.8 Å². The van der Waals surface area contributed by atoms with E-state index in [1.54, 1.807) is 0 Å². The van der Waals surface area contributed by atoms with Gasteiger partial charge >= 0.3 is 0 Å². The number of likely N-dealkylation sites (tertiary alicyclic amines) is 1. The van der Waals surface area contributed by atoms with Gasteiger partial charge in [-0.25, -0.2) is 0 Å². The Bertz CT molecular complexity index is 758. The molecule has 0 spiro atoms. The van der Waals surface area contributed by atoms with Crippen molar-refractivity contribution in [2.24, 2.45) is 12.0 Å². The molecule has 0 radical (unpaired) electrons. The van der Waals surface area contributed by atoms with Crippen molar-refractivity contribution in [3.63, 3.8) is 0 Å². The summed E-state index contributed by atoms with van der Waals surface area (Å²) >= 11 is 0. The minimum absolute atomic E-state index is 0.370. The van der Waals surface area contributed by atoms with Crippen LogP contribution in [0.15, 0.2) is 35.3 Å². The molecule has 1 aromatic carbocycles. The molecule has 2 heterocycles. The Kier molecular flexibility index (Phi) is 6.50. The highest BCUT2D eigenvalue weighted by Gasteiger charge is 2.23. The van der Waals surface area contributed by atoms with E-state index in [0.29, 0.717) is 6.04 Å². The van der Waals surface area contributed by atoms with Gasteiger partial charge in [-0.15, -0.1) is 0 Å². The number of rotatable bonds is 6. The fourth-order valence-electron chi connectivity index (χ4n) is 3.85. The molecular weight excluding hydrogens is 336 g/mol. The van der Waals surface area contributed by atoms with Crippen LogP contribution in [0.4, 0.5) is 0 Å². The lowest BCUT2D eigenvalue weighted by molar-refractivity contribution is 0.245. The Morgan fingerprint density at radius 3 is 2.44 bits per heavy atom. The normalized spacial score (nSPS) is 16.5. The van der Waals surface area contributed by atoms with Gasteiger partial charge < -0.3 is 10.6 Å². The zero-order chi connectivity index (χ0) is 19.2. The first kappa shape index (κ1) is 19.4. The molecule has 1 unspecified atom stereocenters. The molecule has 0 aliphatic carbocycles. The SMILES string of the molecule is CN=C(NCc1c(C)nn(C)c1C)NCC(c1ccccc1)N1CCCC1. The minimum Gasteiger partial charge on any atom is -0.354 e. The van der Waals surface area contributed by atoms with Gasteiger partial charge in [0.2, 0.25) is 0 Å². The lowest BCUT2D eigenvalue weighted by Crippen LogP contribution is -2.42. The molecule has 0 saturated carbocycles. The van der Waals surface area contributed by atoms with Crippen LogP contribution >= 0.6 is 0 Å². The van der Waals surface area contributed by atoms with Gasteiger partial charge in [0, 0.05) is 38.4 Å². The second kappa shape index (κ2) is 9.04. The van der Waals surface area contributed by atoms with Gasteiger partial charge in [-0.2, -0.15) is 5.10 Å². The van der Waals surface area contributed by atoms with Crippen LogP contribution in [0.25, 0.3) is 0 Å². The molecule has 1 aliphatic heterocycles. The van der Waals surface area contributed by atoms with Crippen molar-refractivity contribution in [1.82, 2.24) is 25.3 Å². The quantitative estimate of drug-likeness (QED) is 0.608. The second-order valence-corrected chi connectivity index (χ2v) is 7.25. The smallest absolute Gasteiger partial charge is 0.191 e. The molecule has 1 aromatic heterocycles. The lowest BCUT2D eigenvalue weighted by atomic mass is 10.1. The number of nitrogens with one attached hydrogen (secondary N) is 2. The Labute approximate surface area is 162 Å². The molecule has 1 aliphatic rings. The lowest BCUT2D eigenvalue weighted by Gasteiger charge is -2.29. The number of nitrogens with zero attached hydrogens (tertiary/aromatic N) is 4. The van der Waals surface area contributed by atoms with E-state index in [0.717, 1.165) is 24.7 Å². The van der Waals surface area contributed by atoms with Crippen LogP contribution < -0.4 is 10.6 Å². The van der Waals surface area contributed by atoms with Gasteiger partial charge in [0.05, 0.1) is 11.7 Å². The molecule has 6 heteroatoms. The first-order valence-corrected chi connectivity index (χ1v) is 9.82. The predicted octanol–water partition coefficient (Wildman–Crippen LogP) is 2.54. The molecule has 27 heavy (non-hydrogen) atoms. The number of hydrogen-bond donors (Lipinski definition) is 2. The van der Waals surface area contributed by atoms with Crippen LogP contribution in [0.2, 0.25) is 0 Å². The van der Waals surface area contributed by atoms with E-state index in [-0.39, 0.29) is 0 Å². The van der Waals surface area contributed by atoms with Crippen molar-refractivity contribution >= 4 is 5.96 Å². The standard InChI is InChI=1S/C21H32N6/c1-16-19(17(2)26(4)25-16)14-23-21(22-3)24-15-20(27-12-8-9-13-27)18-10-6-5-7-11-18/h5-7,10-11,20H,8-9,12-15H2,1-4H3,(H2,22,23,24). The van der Waals surface area contributed by atoms with Gasteiger partial charge in [-0.05, 0) is 45.3 Å². The van der Waals surface area contributed by atoms with E-state index in [4.69, 9.17) is 0 Å². The predicted molar refractivity (Wildman–Crippen MR) is 111 cm³/mol. The summed E-state index contributed by atoms with van der Waals surface area (Å²) in [7, 11) is 3.81. The average molecular weight is 369 g/mol. The summed E-state index contributed by atoms with van der Waals surface area (Å²) in [6, 6.07) is 11.1. The number of benzene rings is 1. The number of guanidine groups is 1. The number of hydrogen-bond acceptors (Lipinski definition) is 3. The maximum absolute atomic E-state index is 4.49. The third kappa shape index (κ3) is 4.69. The summed E-state index contributed by atoms with van der Waals surface area (Å²) in [4.78, 5) is 6.98. The van der Waals surface area contributed by atoms with Gasteiger partial charge in [0.1, 0.15) is 0 Å². The summed E-state index contributed by atoms with van der Waals surface area (Å²) in [5, 5.41) is 11.5. The molecule has 6 nitrogen and oxygen atoms in total. The maximum Gasteiger partial charge on any atom is 0.191 e. The molecule has 0 bridgehead atoms. The van der Waals surface area contributed by atoms with E-state index in [2.05, 4.69) is 69.8 Å². The van der Waals surface area contributed by atoms with Crippen LogP contribution in [-0.4, -0.2) is 47.3 Å². The number of aliphatic imine (C=N–C) groups is 1. The Morgan fingerprint density at radius 1 is 1.15 bits per heavy atom. The number of aromatic nitrogens is 2. The Morgan fingerprint density at radius 2 is 1.85 bits per heavy atom. The molecule has 2 N–H and O–H groups in total. The summed E-state index contributed by atoms with van der Waals surface area (Å²) in [6.07, 6.45) is 2.58.